The summed E-state index contributed by atoms with van der Waals surface area (Å²) < 4.78 is 104. The van der Waals surface area contributed by atoms with Crippen molar-refractivity contribution < 1.29 is 331 Å². The van der Waals surface area contributed by atoms with Crippen LogP contribution in [0.15, 0.2) is 0 Å². The molecule has 44 heteroatoms. The molecular weight excluding hydrogens is 1570 g/mol. The predicted octanol–water partition coefficient (Wildman–Crippen LogP) is -11.6. The predicted molar refractivity (Wildman–Crippen MR) is 75.0 cm³/mol. The Labute approximate surface area is 394 Å². The Kier molecular flexibility index (Phi) is 43.0. The SMILES string of the molecule is O=P([O-])([O-])OP(=O)([O-])OP(=O)([O-])[O-].O=P([O-])([O-])OP(=O)([O-])OP(=O)([O-])[O-].O=P([O-])([O-])OP(=O)([O-])OP(=O)([O-])[O-].[Dy+3].[Dy+3].[Dy+3].[Dy+3].[Dy+3]. The van der Waals surface area contributed by atoms with E-state index in [1.54, 1.807) is 0 Å². The van der Waals surface area contributed by atoms with E-state index in [1.165, 1.54) is 0 Å². The van der Waals surface area contributed by atoms with Crippen LogP contribution in [0.4, 0.5) is 0 Å². The van der Waals surface area contributed by atoms with Crippen molar-refractivity contribution in [3.05, 3.63) is 0 Å². The number of hydrogen-bond acceptors (Lipinski definition) is 30. The standard InChI is InChI=1S/5Dy.3H5O10P3/c;;;;;3*1-11(2,3)9-13(7,8)10-12(4,5)6/h;;;;;3*(H,7,8)(H2,1,2,3)(H2,4,5,6)/q5*+3;;;/p-15. The van der Waals surface area contributed by atoms with Crippen molar-refractivity contribution in [3.63, 3.8) is 0 Å². The van der Waals surface area contributed by atoms with Crippen molar-refractivity contribution in [2.24, 2.45) is 0 Å². The molecule has 0 aromatic heterocycles. The molecule has 44 heavy (non-hydrogen) atoms. The van der Waals surface area contributed by atoms with Crippen LogP contribution < -0.4 is 73.4 Å². The number of hydrogen-bond donors (Lipinski definition) is 0. The molecule has 30 nitrogen and oxygen atoms in total. The van der Waals surface area contributed by atoms with Gasteiger partial charge in [-0.2, -0.15) is 0 Å². The summed E-state index contributed by atoms with van der Waals surface area (Å²) in [6.45, 7) is 0. The normalized spacial score (nSPS) is 12.9. The van der Waals surface area contributed by atoms with Gasteiger partial charge in [0.15, 0.2) is 0 Å². The first-order valence-corrected chi connectivity index (χ1v) is 19.7. The maximum atomic E-state index is 10.1. The summed E-state index contributed by atoms with van der Waals surface area (Å²) in [6.07, 6.45) is 0. The summed E-state index contributed by atoms with van der Waals surface area (Å²) >= 11 is 0. The average Bonchev–Trinajstić information content (AvgIpc) is 2.28. The third-order valence-corrected chi connectivity index (χ3v) is 10.8. The van der Waals surface area contributed by atoms with Gasteiger partial charge in [-0.3, -0.25) is 39.6 Å². The molecular formula is Dy5O30P9. The van der Waals surface area contributed by atoms with Gasteiger partial charge in [-0.1, -0.05) is 0 Å². The van der Waals surface area contributed by atoms with Crippen molar-refractivity contribution in [2.75, 3.05) is 0 Å². The molecule has 0 bridgehead atoms. The second-order valence-corrected chi connectivity index (χ2v) is 16.5. The van der Waals surface area contributed by atoms with Gasteiger partial charge in [0, 0.05) is 0 Å². The first-order chi connectivity index (χ1) is 16.2. The molecule has 0 atom stereocenters. The molecule has 0 N–H and O–H groups in total. The summed E-state index contributed by atoms with van der Waals surface area (Å²) in [5, 5.41) is 0. The molecule has 0 aromatic rings. The minimum atomic E-state index is -5.97. The molecule has 275 valence electrons. The van der Waals surface area contributed by atoms with Gasteiger partial charge >= 0.3 is 191 Å². The quantitative estimate of drug-likeness (QED) is 0.164. The fourth-order valence-electron chi connectivity index (χ4n) is 0.780. The van der Waals surface area contributed by atoms with E-state index in [0.717, 1.165) is 0 Å². The molecule has 0 rings (SSSR count). The Morgan fingerprint density at radius 1 is 0.227 bits per heavy atom. The van der Waals surface area contributed by atoms with Crippen LogP contribution in [0, 0.1) is 191 Å². The van der Waals surface area contributed by atoms with Crippen LogP contribution in [0.3, 0.4) is 0 Å². The Balaban J connectivity index is -0.0000000697. The molecule has 0 aliphatic heterocycles. The fourth-order valence-corrected chi connectivity index (χ4v) is 7.82. The van der Waals surface area contributed by atoms with E-state index in [0.29, 0.717) is 0 Å². The Hall–Kier alpha value is 7.59. The Morgan fingerprint density at radius 2 is 0.295 bits per heavy atom. The van der Waals surface area contributed by atoms with Crippen molar-refractivity contribution in [3.8, 4) is 0 Å². The molecule has 0 aliphatic rings. The van der Waals surface area contributed by atoms with Gasteiger partial charge in [-0.25, -0.2) is 0 Å². The Morgan fingerprint density at radius 3 is 0.341 bits per heavy atom. The monoisotopic (exact) mass is 1580 g/mol. The van der Waals surface area contributed by atoms with E-state index in [9.17, 15) is 114 Å². The van der Waals surface area contributed by atoms with E-state index in [1.807, 2.05) is 0 Å². The van der Waals surface area contributed by atoms with Crippen molar-refractivity contribution in [1.29, 1.82) is 0 Å². The fraction of sp³-hybridized carbons (Fsp3) is 0. The molecule has 0 saturated carbocycles. The van der Waals surface area contributed by atoms with Gasteiger partial charge in [-0.05, 0) is 0 Å². The van der Waals surface area contributed by atoms with Crippen LogP contribution >= 0.6 is 70.4 Å². The zero-order valence-corrected chi connectivity index (χ0v) is 36.0. The van der Waals surface area contributed by atoms with Crippen LogP contribution in [-0.2, 0) is 66.9 Å². The van der Waals surface area contributed by atoms with E-state index < -0.39 is 70.4 Å². The smallest absolute Gasteiger partial charge is 0.790 e. The summed E-state index contributed by atoms with van der Waals surface area (Å²) in [7, 11) is -53.7. The van der Waals surface area contributed by atoms with Crippen LogP contribution in [-0.4, -0.2) is 0 Å². The van der Waals surface area contributed by atoms with Gasteiger partial charge in [-0.15, -0.1) is 0 Å². The number of rotatable bonds is 12. The van der Waals surface area contributed by atoms with E-state index >= 15 is 0 Å². The first kappa shape index (κ1) is 69.5. The minimum Gasteiger partial charge on any atom is -0.790 e. The second-order valence-electron chi connectivity index (χ2n) is 4.51. The average molecular weight is 1570 g/mol. The van der Waals surface area contributed by atoms with Crippen LogP contribution in [0.2, 0.25) is 0 Å². The van der Waals surface area contributed by atoms with E-state index in [4.69, 9.17) is 0 Å². The molecule has 0 fully saturated rings. The third kappa shape index (κ3) is 61.6. The van der Waals surface area contributed by atoms with Crippen LogP contribution in [0.5, 0.6) is 0 Å². The largest absolute Gasteiger partial charge is 3.00 e. The van der Waals surface area contributed by atoms with Crippen molar-refractivity contribution in [1.82, 2.24) is 0 Å². The third-order valence-electron chi connectivity index (χ3n) is 1.20. The second kappa shape index (κ2) is 27.2. The molecule has 0 aliphatic carbocycles. The first-order valence-electron chi connectivity index (χ1n) is 6.57. The summed E-state index contributed by atoms with van der Waals surface area (Å²) in [6, 6.07) is 0. The zero-order valence-electron chi connectivity index (χ0n) is 17.9. The van der Waals surface area contributed by atoms with E-state index in [-0.39, 0.29) is 191 Å². The molecule has 0 saturated heterocycles. The van der Waals surface area contributed by atoms with Crippen molar-refractivity contribution in [2.45, 2.75) is 0 Å². The van der Waals surface area contributed by atoms with Gasteiger partial charge < -0.3 is 101 Å². The summed E-state index contributed by atoms with van der Waals surface area (Å²) in [5.41, 5.74) is 0. The van der Waals surface area contributed by atoms with Crippen molar-refractivity contribution >= 4 is 70.4 Å². The van der Waals surface area contributed by atoms with Gasteiger partial charge in [0.25, 0.3) is 23.5 Å². The van der Waals surface area contributed by atoms with Crippen LogP contribution in [0.25, 0.3) is 0 Å². The summed E-state index contributed by atoms with van der Waals surface area (Å²) in [4.78, 5) is 146. The Bertz CT molecular complexity index is 991. The maximum Gasteiger partial charge on any atom is 3.00 e. The number of phosphoric acid groups is 9. The topological polar surface area (TPSA) is 555 Å². The minimum absolute atomic E-state index is 0. The molecule has 5 radical (unpaired) electrons. The maximum absolute atomic E-state index is 10.1. The molecule has 0 heterocycles. The summed E-state index contributed by atoms with van der Waals surface area (Å²) in [5.74, 6) is 0. The van der Waals surface area contributed by atoms with E-state index in [2.05, 4.69) is 25.9 Å². The zero-order chi connectivity index (χ0) is 32.7. The van der Waals surface area contributed by atoms with Gasteiger partial charge in [0.1, 0.15) is 0 Å². The molecule has 0 unspecified atom stereocenters. The van der Waals surface area contributed by atoms with Gasteiger partial charge in [0.05, 0.1) is 46.9 Å². The molecule has 0 amide bonds. The molecule has 0 aromatic carbocycles. The molecule has 0 spiro atoms. The van der Waals surface area contributed by atoms with Crippen LogP contribution in [0.1, 0.15) is 0 Å². The van der Waals surface area contributed by atoms with Gasteiger partial charge in [0.2, 0.25) is 0 Å².